The summed E-state index contributed by atoms with van der Waals surface area (Å²) in [6.07, 6.45) is 4.44. The molecule has 118 valence electrons. The molecule has 1 fully saturated rings. The summed E-state index contributed by atoms with van der Waals surface area (Å²) in [7, 11) is 1.72. The van der Waals surface area contributed by atoms with Crippen LogP contribution in [0.1, 0.15) is 55.3 Å². The van der Waals surface area contributed by atoms with Crippen molar-refractivity contribution in [2.24, 2.45) is 5.84 Å². The number of hydrogen-bond acceptors (Lipinski definition) is 4. The maximum atomic E-state index is 6.18. The first kappa shape index (κ1) is 16.3. The molecule has 2 rings (SSSR count). The Morgan fingerprint density at radius 3 is 2.48 bits per heavy atom. The summed E-state index contributed by atoms with van der Waals surface area (Å²) in [6.45, 7) is 6.94. The molecule has 4 nitrogen and oxygen atoms in total. The van der Waals surface area contributed by atoms with E-state index in [4.69, 9.17) is 15.3 Å². The highest BCUT2D eigenvalue weighted by atomic mass is 16.5. The lowest BCUT2D eigenvalue weighted by Crippen LogP contribution is -2.47. The Hall–Kier alpha value is -1.10. The van der Waals surface area contributed by atoms with E-state index in [2.05, 4.69) is 31.4 Å². The van der Waals surface area contributed by atoms with Crippen molar-refractivity contribution in [2.75, 3.05) is 13.7 Å². The van der Waals surface area contributed by atoms with Crippen LogP contribution in [0.2, 0.25) is 0 Å². The molecule has 1 aliphatic rings. The lowest BCUT2D eigenvalue weighted by molar-refractivity contribution is -0.0632. The molecule has 1 atom stereocenters. The summed E-state index contributed by atoms with van der Waals surface area (Å²) < 4.78 is 11.8. The number of aryl methyl sites for hydroxylation is 2. The molecule has 0 saturated heterocycles. The molecule has 1 aliphatic carbocycles. The molecule has 3 N–H and O–H groups in total. The van der Waals surface area contributed by atoms with Gasteiger partial charge in [-0.15, -0.1) is 0 Å². The van der Waals surface area contributed by atoms with Crippen molar-refractivity contribution in [1.29, 1.82) is 0 Å². The first-order chi connectivity index (χ1) is 10.1. The Bertz CT molecular complexity index is 482. The van der Waals surface area contributed by atoms with Crippen molar-refractivity contribution in [2.45, 2.75) is 58.1 Å². The van der Waals surface area contributed by atoms with E-state index in [1.807, 2.05) is 6.92 Å². The van der Waals surface area contributed by atoms with Crippen LogP contribution in [0.15, 0.2) is 12.1 Å². The third-order valence-corrected chi connectivity index (χ3v) is 4.58. The highest BCUT2D eigenvalue weighted by Gasteiger charge is 2.44. The van der Waals surface area contributed by atoms with Gasteiger partial charge in [-0.3, -0.25) is 5.84 Å². The SMILES string of the molecule is CCOC1(C(NN)c2c(C)cc(C)cc2OC)CCCC1. The van der Waals surface area contributed by atoms with E-state index in [1.54, 1.807) is 7.11 Å². The van der Waals surface area contributed by atoms with Crippen LogP contribution in [-0.2, 0) is 4.74 Å². The van der Waals surface area contributed by atoms with Gasteiger partial charge in [0.1, 0.15) is 5.75 Å². The average molecular weight is 292 g/mol. The molecular weight excluding hydrogens is 264 g/mol. The molecule has 4 heteroatoms. The number of nitrogens with one attached hydrogen (secondary N) is 1. The van der Waals surface area contributed by atoms with Gasteiger partial charge in [0.15, 0.2) is 0 Å². The third kappa shape index (κ3) is 3.07. The van der Waals surface area contributed by atoms with Gasteiger partial charge in [-0.1, -0.05) is 18.9 Å². The molecule has 21 heavy (non-hydrogen) atoms. The Labute approximate surface area is 128 Å². The molecule has 1 aromatic carbocycles. The van der Waals surface area contributed by atoms with Gasteiger partial charge in [-0.05, 0) is 50.8 Å². The summed E-state index contributed by atoms with van der Waals surface area (Å²) >= 11 is 0. The van der Waals surface area contributed by atoms with Crippen LogP contribution in [0.25, 0.3) is 0 Å². The van der Waals surface area contributed by atoms with Gasteiger partial charge in [0.05, 0.1) is 18.8 Å². The molecule has 1 saturated carbocycles. The van der Waals surface area contributed by atoms with Crippen molar-refractivity contribution >= 4 is 0 Å². The highest BCUT2D eigenvalue weighted by Crippen LogP contribution is 2.46. The van der Waals surface area contributed by atoms with Crippen LogP contribution in [0.4, 0.5) is 0 Å². The maximum Gasteiger partial charge on any atom is 0.124 e. The monoisotopic (exact) mass is 292 g/mol. The highest BCUT2D eigenvalue weighted by molar-refractivity contribution is 5.46. The second kappa shape index (κ2) is 6.77. The summed E-state index contributed by atoms with van der Waals surface area (Å²) in [6, 6.07) is 4.20. The Balaban J connectivity index is 2.50. The number of rotatable bonds is 6. The minimum Gasteiger partial charge on any atom is -0.496 e. The summed E-state index contributed by atoms with van der Waals surface area (Å²) in [5.41, 5.74) is 6.31. The number of ether oxygens (including phenoxy) is 2. The number of hydrazine groups is 1. The molecule has 1 aromatic rings. The molecule has 0 aromatic heterocycles. The smallest absolute Gasteiger partial charge is 0.124 e. The van der Waals surface area contributed by atoms with Gasteiger partial charge in [0, 0.05) is 12.2 Å². The van der Waals surface area contributed by atoms with Crippen molar-refractivity contribution in [3.05, 3.63) is 28.8 Å². The number of hydrogen-bond donors (Lipinski definition) is 2. The van der Waals surface area contributed by atoms with Gasteiger partial charge in [-0.25, -0.2) is 5.43 Å². The fraction of sp³-hybridized carbons (Fsp3) is 0.647. The zero-order valence-electron chi connectivity index (χ0n) is 13.7. The van der Waals surface area contributed by atoms with Gasteiger partial charge in [0.25, 0.3) is 0 Å². The fourth-order valence-electron chi connectivity index (χ4n) is 3.75. The van der Waals surface area contributed by atoms with Crippen LogP contribution in [0.3, 0.4) is 0 Å². The minimum absolute atomic E-state index is 0.0458. The summed E-state index contributed by atoms with van der Waals surface area (Å²) in [4.78, 5) is 0. The molecule has 0 amide bonds. The summed E-state index contributed by atoms with van der Waals surface area (Å²) in [5, 5.41) is 0. The standard InChI is InChI=1S/C17H28N2O2/c1-5-21-17(8-6-7-9-17)16(19-18)15-13(3)10-12(2)11-14(15)20-4/h10-11,16,19H,5-9,18H2,1-4H3. The second-order valence-corrected chi connectivity index (χ2v) is 6.00. The zero-order chi connectivity index (χ0) is 15.5. The van der Waals surface area contributed by atoms with Crippen LogP contribution in [0, 0.1) is 13.8 Å². The van der Waals surface area contributed by atoms with E-state index in [-0.39, 0.29) is 11.6 Å². The first-order valence-electron chi connectivity index (χ1n) is 7.83. The van der Waals surface area contributed by atoms with Crippen LogP contribution >= 0.6 is 0 Å². The van der Waals surface area contributed by atoms with E-state index in [9.17, 15) is 0 Å². The van der Waals surface area contributed by atoms with Gasteiger partial charge in [0.2, 0.25) is 0 Å². The summed E-state index contributed by atoms with van der Waals surface area (Å²) in [5.74, 6) is 6.84. The average Bonchev–Trinajstić information content (AvgIpc) is 2.91. The van der Waals surface area contributed by atoms with Crippen molar-refractivity contribution in [3.8, 4) is 5.75 Å². The van der Waals surface area contributed by atoms with Crippen molar-refractivity contribution in [1.82, 2.24) is 5.43 Å². The lowest BCUT2D eigenvalue weighted by atomic mass is 9.84. The van der Waals surface area contributed by atoms with Crippen LogP contribution < -0.4 is 16.0 Å². The van der Waals surface area contributed by atoms with Crippen LogP contribution in [-0.4, -0.2) is 19.3 Å². The first-order valence-corrected chi connectivity index (χ1v) is 7.83. The van der Waals surface area contributed by atoms with E-state index in [1.165, 1.54) is 24.0 Å². The molecule has 0 bridgehead atoms. The molecule has 1 unspecified atom stereocenters. The second-order valence-electron chi connectivity index (χ2n) is 6.00. The quantitative estimate of drug-likeness (QED) is 0.624. The zero-order valence-corrected chi connectivity index (χ0v) is 13.7. The van der Waals surface area contributed by atoms with Gasteiger partial charge in [-0.2, -0.15) is 0 Å². The topological polar surface area (TPSA) is 56.5 Å². The fourth-order valence-corrected chi connectivity index (χ4v) is 3.75. The number of methoxy groups -OCH3 is 1. The van der Waals surface area contributed by atoms with E-state index >= 15 is 0 Å². The number of nitrogens with two attached hydrogens (primary N) is 1. The van der Waals surface area contributed by atoms with Crippen molar-refractivity contribution < 1.29 is 9.47 Å². The maximum absolute atomic E-state index is 6.18. The third-order valence-electron chi connectivity index (χ3n) is 4.58. The molecular formula is C17H28N2O2. The predicted octanol–water partition coefficient (Wildman–Crippen LogP) is 3.17. The van der Waals surface area contributed by atoms with Gasteiger partial charge < -0.3 is 9.47 Å². The number of benzene rings is 1. The lowest BCUT2D eigenvalue weighted by Gasteiger charge is -2.38. The molecule has 0 heterocycles. The van der Waals surface area contributed by atoms with E-state index in [0.717, 1.165) is 24.2 Å². The molecule has 0 radical (unpaired) electrons. The normalized spacial score (nSPS) is 18.7. The van der Waals surface area contributed by atoms with Gasteiger partial charge >= 0.3 is 0 Å². The van der Waals surface area contributed by atoms with E-state index < -0.39 is 0 Å². The van der Waals surface area contributed by atoms with Crippen LogP contribution in [0.5, 0.6) is 5.75 Å². The Morgan fingerprint density at radius 2 is 1.95 bits per heavy atom. The Morgan fingerprint density at radius 1 is 1.29 bits per heavy atom. The molecule has 0 aliphatic heterocycles. The minimum atomic E-state index is -0.225. The predicted molar refractivity (Wildman–Crippen MR) is 85.4 cm³/mol. The largest absolute Gasteiger partial charge is 0.496 e. The Kier molecular flexibility index (Phi) is 5.25. The van der Waals surface area contributed by atoms with E-state index in [0.29, 0.717) is 6.61 Å². The van der Waals surface area contributed by atoms with Crippen molar-refractivity contribution in [3.63, 3.8) is 0 Å². The molecule has 0 spiro atoms.